The maximum absolute atomic E-state index is 5.28. The Balaban J connectivity index is 0.00000490. The summed E-state index contributed by atoms with van der Waals surface area (Å²) in [5, 5.41) is 4.84. The quantitative estimate of drug-likeness (QED) is 0.167. The van der Waals surface area contributed by atoms with Crippen LogP contribution in [0.5, 0.6) is 0 Å². The Morgan fingerprint density at radius 3 is 1.95 bits per heavy atom. The van der Waals surface area contributed by atoms with Gasteiger partial charge in [0.15, 0.2) is 5.84 Å². The highest BCUT2D eigenvalue weighted by atomic mass is 15.2. The van der Waals surface area contributed by atoms with E-state index in [0.717, 1.165) is 73.2 Å². The first kappa shape index (κ1) is 37.6. The number of allylic oxidation sites excluding steroid dienone is 4. The normalized spacial score (nSPS) is 14.6. The largest absolute Gasteiger partial charge is 0.344 e. The van der Waals surface area contributed by atoms with E-state index in [0.29, 0.717) is 5.84 Å². The standard InChI is InChI=1S/C57H44N4.H2/c1-3-15-51-38(2)32-45-20-11-6-12-22-52(45)54(51)42-30-28-40(29-31-42)48-34-47(39-24-26-41(27-25-39)50-33-46-21-13-14-23-53(46)58-37-50)35-49(36-48)57-60-55(43-16-7-4-8-17-43)59-56(61-57)44-18-9-5-10-19-44;/h3-21,23-37,57H,22H2,1-2H3,(H,59,60,61);1H/b15-3-;. The van der Waals surface area contributed by atoms with Gasteiger partial charge in [-0.1, -0.05) is 170 Å². The number of nitrogens with one attached hydrogen (secondary N) is 1. The van der Waals surface area contributed by atoms with Crippen LogP contribution in [0.2, 0.25) is 0 Å². The molecule has 61 heavy (non-hydrogen) atoms. The molecule has 1 N–H and O–H groups in total. The number of hydrogen-bond donors (Lipinski definition) is 1. The summed E-state index contributed by atoms with van der Waals surface area (Å²) < 4.78 is 0. The van der Waals surface area contributed by atoms with Crippen LogP contribution < -0.4 is 5.32 Å². The van der Waals surface area contributed by atoms with E-state index in [4.69, 9.17) is 15.0 Å². The summed E-state index contributed by atoms with van der Waals surface area (Å²) in [6.07, 6.45) is 15.7. The predicted molar refractivity (Wildman–Crippen MR) is 259 cm³/mol. The molecule has 4 heteroatoms. The SMILES string of the molecule is C/C=C\c1c(C)cc2c(c1-c1ccc(-c3cc(-c4ccc(-c5cnc6ccccc6c5)cc4)cc(C4N=C(c5ccccc5)N=C(c5ccccc5)N4)c3)cc1)CC=CC=C2.[HH]. The van der Waals surface area contributed by atoms with Gasteiger partial charge in [0, 0.05) is 29.7 Å². The van der Waals surface area contributed by atoms with Crippen LogP contribution >= 0.6 is 0 Å². The van der Waals surface area contributed by atoms with Gasteiger partial charge in [-0.05, 0) is 117 Å². The molecule has 0 spiro atoms. The first-order chi connectivity index (χ1) is 30.1. The average molecular weight is 787 g/mol. The Kier molecular flexibility index (Phi) is 10.2. The molecule has 1 aliphatic carbocycles. The third-order valence-electron chi connectivity index (χ3n) is 11.6. The summed E-state index contributed by atoms with van der Waals surface area (Å²) in [6, 6.07) is 58.2. The molecule has 2 aliphatic rings. The van der Waals surface area contributed by atoms with Gasteiger partial charge in [-0.3, -0.25) is 4.98 Å². The van der Waals surface area contributed by atoms with Crippen LogP contribution in [0, 0.1) is 6.92 Å². The van der Waals surface area contributed by atoms with Gasteiger partial charge in [-0.2, -0.15) is 0 Å². The molecule has 0 radical (unpaired) electrons. The Morgan fingerprint density at radius 1 is 0.607 bits per heavy atom. The molecule has 4 nitrogen and oxygen atoms in total. The van der Waals surface area contributed by atoms with Crippen LogP contribution in [0.4, 0.5) is 0 Å². The number of aliphatic imine (C=N–C) groups is 2. The predicted octanol–water partition coefficient (Wildman–Crippen LogP) is 14.1. The highest BCUT2D eigenvalue weighted by molar-refractivity contribution is 6.13. The molecule has 10 rings (SSSR count). The second-order valence-electron chi connectivity index (χ2n) is 15.6. The molecule has 7 aromatic carbocycles. The van der Waals surface area contributed by atoms with Gasteiger partial charge < -0.3 is 5.32 Å². The molecule has 2 heterocycles. The number of fused-ring (bicyclic) bond motifs is 2. The van der Waals surface area contributed by atoms with E-state index in [1.165, 1.54) is 33.4 Å². The van der Waals surface area contributed by atoms with Crippen LogP contribution in [-0.2, 0) is 6.42 Å². The molecule has 0 amide bonds. The second kappa shape index (κ2) is 16.5. The molecule has 0 saturated carbocycles. The minimum absolute atomic E-state index is 0. The Hall–Kier alpha value is -7.69. The highest BCUT2D eigenvalue weighted by Gasteiger charge is 2.23. The Morgan fingerprint density at radius 2 is 1.25 bits per heavy atom. The van der Waals surface area contributed by atoms with Gasteiger partial charge in [0.25, 0.3) is 0 Å². The van der Waals surface area contributed by atoms with Crippen molar-refractivity contribution in [2.75, 3.05) is 0 Å². The van der Waals surface area contributed by atoms with Crippen LogP contribution in [0.3, 0.4) is 0 Å². The van der Waals surface area contributed by atoms with Crippen molar-refractivity contribution in [2.45, 2.75) is 26.4 Å². The van der Waals surface area contributed by atoms with Crippen molar-refractivity contribution in [1.29, 1.82) is 0 Å². The van der Waals surface area contributed by atoms with Crippen molar-refractivity contribution in [3.05, 3.63) is 233 Å². The number of amidine groups is 2. The third-order valence-corrected chi connectivity index (χ3v) is 11.6. The number of benzene rings is 7. The van der Waals surface area contributed by atoms with Crippen molar-refractivity contribution in [3.8, 4) is 44.5 Å². The molecule has 1 unspecified atom stereocenters. The lowest BCUT2D eigenvalue weighted by atomic mass is 9.85. The molecule has 0 fully saturated rings. The maximum atomic E-state index is 5.28. The van der Waals surface area contributed by atoms with Gasteiger partial charge in [0.1, 0.15) is 12.0 Å². The molecular weight excluding hydrogens is 741 g/mol. The lowest BCUT2D eigenvalue weighted by molar-refractivity contribution is 0.674. The van der Waals surface area contributed by atoms with E-state index < -0.39 is 0 Å². The first-order valence-corrected chi connectivity index (χ1v) is 21.0. The third kappa shape index (κ3) is 7.68. The maximum Gasteiger partial charge on any atom is 0.159 e. The van der Waals surface area contributed by atoms with E-state index in [-0.39, 0.29) is 7.59 Å². The number of pyridine rings is 1. The molecule has 1 atom stereocenters. The fourth-order valence-electron chi connectivity index (χ4n) is 8.54. The minimum atomic E-state index is -0.379. The number of aromatic nitrogens is 1. The molecule has 0 bridgehead atoms. The van der Waals surface area contributed by atoms with E-state index in [1.807, 2.05) is 48.7 Å². The van der Waals surface area contributed by atoms with Gasteiger partial charge >= 0.3 is 0 Å². The summed E-state index contributed by atoms with van der Waals surface area (Å²) in [6.45, 7) is 4.32. The number of rotatable bonds is 8. The fourth-order valence-corrected chi connectivity index (χ4v) is 8.54. The smallest absolute Gasteiger partial charge is 0.159 e. The number of nitrogens with zero attached hydrogens (tertiary/aromatic N) is 3. The average Bonchev–Trinajstić information content (AvgIpc) is 3.57. The zero-order chi connectivity index (χ0) is 41.1. The molecule has 0 saturated heterocycles. The first-order valence-electron chi connectivity index (χ1n) is 21.0. The van der Waals surface area contributed by atoms with Crippen molar-refractivity contribution in [1.82, 2.24) is 10.3 Å². The Bertz CT molecular complexity index is 3070. The van der Waals surface area contributed by atoms with E-state index in [2.05, 4.69) is 177 Å². The van der Waals surface area contributed by atoms with Gasteiger partial charge in [-0.25, -0.2) is 9.98 Å². The van der Waals surface area contributed by atoms with Crippen LogP contribution in [-0.4, -0.2) is 16.7 Å². The minimum Gasteiger partial charge on any atom is -0.344 e. The lowest BCUT2D eigenvalue weighted by Gasteiger charge is -2.25. The molecule has 1 aromatic heterocycles. The van der Waals surface area contributed by atoms with Crippen LogP contribution in [0.1, 0.15) is 53.5 Å². The number of aryl methyl sites for hydroxylation is 1. The van der Waals surface area contributed by atoms with Gasteiger partial charge in [0.05, 0.1) is 5.52 Å². The van der Waals surface area contributed by atoms with Gasteiger partial charge in [-0.15, -0.1) is 0 Å². The van der Waals surface area contributed by atoms with E-state index >= 15 is 0 Å². The summed E-state index contributed by atoms with van der Waals surface area (Å²) >= 11 is 0. The molecule has 1 aliphatic heterocycles. The van der Waals surface area contributed by atoms with Crippen molar-refractivity contribution in [3.63, 3.8) is 0 Å². The molecular formula is C57H46N4. The van der Waals surface area contributed by atoms with Crippen LogP contribution in [0.15, 0.2) is 204 Å². The Labute approximate surface area is 359 Å². The zero-order valence-electron chi connectivity index (χ0n) is 34.3. The second-order valence-corrected chi connectivity index (χ2v) is 15.6. The number of hydrogen-bond acceptors (Lipinski definition) is 4. The molecule has 8 aromatic rings. The summed E-state index contributed by atoms with van der Waals surface area (Å²) in [5.41, 5.74) is 18.4. The topological polar surface area (TPSA) is 49.6 Å². The fraction of sp³-hybridized carbons (Fsp3) is 0.0702. The summed E-state index contributed by atoms with van der Waals surface area (Å²) in [5.74, 6) is 1.50. The zero-order valence-corrected chi connectivity index (χ0v) is 34.3. The number of para-hydroxylation sites is 1. The van der Waals surface area contributed by atoms with Crippen molar-refractivity contribution in [2.24, 2.45) is 9.98 Å². The van der Waals surface area contributed by atoms with Crippen molar-refractivity contribution < 1.29 is 1.43 Å². The van der Waals surface area contributed by atoms with Gasteiger partial charge in [0.2, 0.25) is 0 Å². The monoisotopic (exact) mass is 786 g/mol. The van der Waals surface area contributed by atoms with E-state index in [1.54, 1.807) is 0 Å². The molecule has 294 valence electrons. The summed E-state index contributed by atoms with van der Waals surface area (Å²) in [4.78, 5) is 15.1. The summed E-state index contributed by atoms with van der Waals surface area (Å²) in [7, 11) is 0. The van der Waals surface area contributed by atoms with E-state index in [9.17, 15) is 0 Å². The lowest BCUT2D eigenvalue weighted by Crippen LogP contribution is -2.33. The van der Waals surface area contributed by atoms with Crippen LogP contribution in [0.25, 0.3) is 67.6 Å². The highest BCUT2D eigenvalue weighted by Crippen LogP contribution is 2.38. The van der Waals surface area contributed by atoms with Crippen molar-refractivity contribution >= 4 is 34.7 Å².